The lowest BCUT2D eigenvalue weighted by Gasteiger charge is -2.17. The van der Waals surface area contributed by atoms with Crippen LogP contribution in [0, 0.1) is 0 Å². The van der Waals surface area contributed by atoms with Gasteiger partial charge in [0, 0.05) is 19.0 Å². The molecule has 0 fully saturated rings. The molecule has 174 valence electrons. The largest absolute Gasteiger partial charge is 0.427 e. The van der Waals surface area contributed by atoms with Gasteiger partial charge in [0.2, 0.25) is 5.91 Å². The van der Waals surface area contributed by atoms with E-state index in [1.807, 2.05) is 91.0 Å². The van der Waals surface area contributed by atoms with Gasteiger partial charge in [-0.1, -0.05) is 84.9 Å². The monoisotopic (exact) mass is 462 g/mol. The van der Waals surface area contributed by atoms with Crippen LogP contribution < -0.4 is 10.1 Å². The molecule has 1 aromatic heterocycles. The number of anilines is 1. The van der Waals surface area contributed by atoms with E-state index in [0.29, 0.717) is 11.6 Å². The second kappa shape index (κ2) is 11.6. The zero-order valence-electron chi connectivity index (χ0n) is 19.4. The van der Waals surface area contributed by atoms with Crippen molar-refractivity contribution in [3.8, 4) is 5.75 Å². The van der Waals surface area contributed by atoms with Crippen molar-refractivity contribution in [1.82, 2.24) is 4.98 Å². The minimum atomic E-state index is -0.284. The molecule has 0 aliphatic rings. The molecule has 0 unspecified atom stereocenters. The number of carbonyl (C=O) groups excluding carboxylic acids is 2. The van der Waals surface area contributed by atoms with E-state index in [1.165, 1.54) is 6.92 Å². The fraction of sp³-hybridized carbons (Fsp3) is 0.100. The average molecular weight is 463 g/mol. The Bertz CT molecular complexity index is 1260. The summed E-state index contributed by atoms with van der Waals surface area (Å²) < 4.78 is 5.65. The molecule has 1 heterocycles. The molecule has 0 saturated carbocycles. The van der Waals surface area contributed by atoms with Gasteiger partial charge in [-0.2, -0.15) is 0 Å². The zero-order valence-corrected chi connectivity index (χ0v) is 19.4. The summed E-state index contributed by atoms with van der Waals surface area (Å²) in [6.45, 7) is 1.45. The van der Waals surface area contributed by atoms with Crippen LogP contribution in [0.3, 0.4) is 0 Å². The van der Waals surface area contributed by atoms with Crippen molar-refractivity contribution in [3.63, 3.8) is 0 Å². The van der Waals surface area contributed by atoms with E-state index in [9.17, 15) is 9.59 Å². The lowest BCUT2D eigenvalue weighted by Crippen LogP contribution is -2.14. The summed E-state index contributed by atoms with van der Waals surface area (Å²) >= 11 is 0. The molecule has 3 aromatic carbocycles. The van der Waals surface area contributed by atoms with Crippen LogP contribution >= 0.6 is 0 Å². The Labute approximate surface area is 205 Å². The first-order chi connectivity index (χ1) is 17.1. The Hall–Kier alpha value is -4.51. The highest BCUT2D eigenvalue weighted by atomic mass is 16.5. The quantitative estimate of drug-likeness (QED) is 0.245. The smallest absolute Gasteiger partial charge is 0.312 e. The number of amides is 1. The van der Waals surface area contributed by atoms with Gasteiger partial charge in [-0.05, 0) is 46.5 Å². The first kappa shape index (κ1) is 23.6. The number of nitrogens with zero attached hydrogens (tertiary/aromatic N) is 1. The van der Waals surface area contributed by atoms with Crippen molar-refractivity contribution in [1.29, 1.82) is 0 Å². The van der Waals surface area contributed by atoms with Crippen LogP contribution in [0.5, 0.6) is 5.75 Å². The van der Waals surface area contributed by atoms with Gasteiger partial charge in [-0.15, -0.1) is 0 Å². The van der Waals surface area contributed by atoms with Crippen molar-refractivity contribution in [2.24, 2.45) is 0 Å². The van der Waals surface area contributed by atoms with Crippen molar-refractivity contribution in [3.05, 3.63) is 126 Å². The third kappa shape index (κ3) is 6.98. The highest BCUT2D eigenvalue weighted by Gasteiger charge is 2.19. The van der Waals surface area contributed by atoms with Crippen molar-refractivity contribution < 1.29 is 14.3 Å². The molecule has 4 rings (SSSR count). The maximum Gasteiger partial charge on any atom is 0.312 e. The van der Waals surface area contributed by atoms with E-state index in [2.05, 4.69) is 10.3 Å². The number of hydrogen-bond donors (Lipinski definition) is 1. The lowest BCUT2D eigenvalue weighted by molar-refractivity contribution is -0.134. The first-order valence-electron chi connectivity index (χ1n) is 11.4. The molecule has 0 spiro atoms. The van der Waals surface area contributed by atoms with Crippen LogP contribution in [0.2, 0.25) is 0 Å². The third-order valence-electron chi connectivity index (χ3n) is 5.44. The third-order valence-corrected chi connectivity index (χ3v) is 5.44. The number of benzene rings is 3. The molecule has 1 amide bonds. The Kier molecular flexibility index (Phi) is 7.81. The molecule has 0 aliphatic carbocycles. The van der Waals surface area contributed by atoms with Crippen LogP contribution in [0.4, 0.5) is 5.82 Å². The molecule has 4 aromatic rings. The molecule has 5 heteroatoms. The van der Waals surface area contributed by atoms with E-state index >= 15 is 0 Å². The molecular formula is C30H26N2O3. The maximum absolute atomic E-state index is 12.8. The van der Waals surface area contributed by atoms with Crippen LogP contribution in [-0.4, -0.2) is 16.9 Å². The minimum Gasteiger partial charge on any atom is -0.427 e. The fourth-order valence-corrected chi connectivity index (χ4v) is 3.78. The van der Waals surface area contributed by atoms with E-state index < -0.39 is 0 Å². The molecule has 5 nitrogen and oxygen atoms in total. The van der Waals surface area contributed by atoms with Gasteiger partial charge in [-0.3, -0.25) is 9.59 Å². The Morgan fingerprint density at radius 3 is 2.03 bits per heavy atom. The number of hydrogen-bond acceptors (Lipinski definition) is 4. The summed E-state index contributed by atoms with van der Waals surface area (Å²) in [5.74, 6) is 0.487. The number of nitrogens with one attached hydrogen (secondary N) is 1. The van der Waals surface area contributed by atoms with Gasteiger partial charge in [-0.25, -0.2) is 4.98 Å². The van der Waals surface area contributed by atoms with E-state index in [4.69, 9.17) is 4.74 Å². The minimum absolute atomic E-state index is 0.0742. The SMILES string of the molecule is CC(=O)Nc1cc(/C=C/c2ccc(OC(=O)CC(c3ccccc3)c3ccccc3)cc2)ccn1. The molecule has 0 saturated heterocycles. The highest BCUT2D eigenvalue weighted by Crippen LogP contribution is 2.28. The lowest BCUT2D eigenvalue weighted by atomic mass is 9.89. The van der Waals surface area contributed by atoms with Gasteiger partial charge in [0.15, 0.2) is 0 Å². The summed E-state index contributed by atoms with van der Waals surface area (Å²) in [4.78, 5) is 28.1. The number of ether oxygens (including phenoxy) is 1. The fourth-order valence-electron chi connectivity index (χ4n) is 3.78. The average Bonchev–Trinajstić information content (AvgIpc) is 2.88. The Morgan fingerprint density at radius 1 is 0.829 bits per heavy atom. The number of carbonyl (C=O) groups is 2. The standard InChI is InChI=1S/C30H26N2O3/c1-22(33)32-29-20-24(18-19-31-29)13-12-23-14-16-27(17-15-23)35-30(34)21-28(25-8-4-2-5-9-25)26-10-6-3-7-11-26/h2-20,28H,21H2,1H3,(H,31,32,33)/b13-12+. The van der Waals surface area contributed by atoms with E-state index in [1.54, 1.807) is 24.4 Å². The van der Waals surface area contributed by atoms with Crippen LogP contribution in [-0.2, 0) is 9.59 Å². The number of pyridine rings is 1. The van der Waals surface area contributed by atoms with Crippen LogP contribution in [0.25, 0.3) is 12.2 Å². The van der Waals surface area contributed by atoms with Crippen molar-refractivity contribution >= 4 is 29.8 Å². The summed E-state index contributed by atoms with van der Waals surface area (Å²) in [7, 11) is 0. The molecule has 1 N–H and O–H groups in total. The number of rotatable bonds is 8. The van der Waals surface area contributed by atoms with E-state index in [-0.39, 0.29) is 24.2 Å². The van der Waals surface area contributed by atoms with Gasteiger partial charge in [0.25, 0.3) is 0 Å². The van der Waals surface area contributed by atoms with Gasteiger partial charge in [0.05, 0.1) is 6.42 Å². The second-order valence-corrected chi connectivity index (χ2v) is 8.11. The van der Waals surface area contributed by atoms with Gasteiger partial charge < -0.3 is 10.1 Å². The summed E-state index contributed by atoms with van der Waals surface area (Å²) in [6, 6.07) is 31.0. The molecule has 0 atom stereocenters. The maximum atomic E-state index is 12.8. The first-order valence-corrected chi connectivity index (χ1v) is 11.4. The Morgan fingerprint density at radius 2 is 1.43 bits per heavy atom. The highest BCUT2D eigenvalue weighted by molar-refractivity contribution is 5.88. The summed E-state index contributed by atoms with van der Waals surface area (Å²) in [5.41, 5.74) is 4.02. The second-order valence-electron chi connectivity index (χ2n) is 8.11. The zero-order chi connectivity index (χ0) is 24.5. The normalized spacial score (nSPS) is 10.9. The molecular weight excluding hydrogens is 436 g/mol. The predicted octanol–water partition coefficient (Wildman–Crippen LogP) is 6.34. The molecule has 35 heavy (non-hydrogen) atoms. The summed E-state index contributed by atoms with van der Waals surface area (Å²) in [5, 5.41) is 2.67. The van der Waals surface area contributed by atoms with Crippen LogP contribution in [0.1, 0.15) is 41.5 Å². The van der Waals surface area contributed by atoms with Crippen molar-refractivity contribution in [2.45, 2.75) is 19.3 Å². The molecule has 0 bridgehead atoms. The Balaban J connectivity index is 1.40. The van der Waals surface area contributed by atoms with Gasteiger partial charge in [0.1, 0.15) is 11.6 Å². The molecule has 0 radical (unpaired) electrons. The topological polar surface area (TPSA) is 68.3 Å². The number of aromatic nitrogens is 1. The van der Waals surface area contributed by atoms with Crippen LogP contribution in [0.15, 0.2) is 103 Å². The van der Waals surface area contributed by atoms with Gasteiger partial charge >= 0.3 is 5.97 Å². The van der Waals surface area contributed by atoms with E-state index in [0.717, 1.165) is 22.3 Å². The van der Waals surface area contributed by atoms with Crippen molar-refractivity contribution in [2.75, 3.05) is 5.32 Å². The number of esters is 1. The summed E-state index contributed by atoms with van der Waals surface area (Å²) in [6.07, 6.45) is 5.76. The predicted molar refractivity (Wildman–Crippen MR) is 139 cm³/mol. The molecule has 0 aliphatic heterocycles.